The summed E-state index contributed by atoms with van der Waals surface area (Å²) >= 11 is 0. The summed E-state index contributed by atoms with van der Waals surface area (Å²) < 4.78 is 8.88. The lowest BCUT2D eigenvalue weighted by Crippen LogP contribution is -2.28. The molecule has 6 heteroatoms. The Labute approximate surface area is 203 Å². The van der Waals surface area contributed by atoms with Gasteiger partial charge in [-0.1, -0.05) is 91.7 Å². The van der Waals surface area contributed by atoms with Crippen LogP contribution in [-0.2, 0) is 29.4 Å². The largest absolute Gasteiger partial charge is 0.466 e. The van der Waals surface area contributed by atoms with Crippen molar-refractivity contribution in [3.8, 4) is 0 Å². The van der Waals surface area contributed by atoms with Crippen molar-refractivity contribution < 1.29 is 24.4 Å². The zero-order valence-electron chi connectivity index (χ0n) is 21.9. The first-order valence-corrected chi connectivity index (χ1v) is 14.8. The number of aryl methyl sites for hydroxylation is 1. The van der Waals surface area contributed by atoms with E-state index in [0.29, 0.717) is 0 Å². The zero-order valence-corrected chi connectivity index (χ0v) is 22.8. The van der Waals surface area contributed by atoms with E-state index in [1.165, 1.54) is 62.5 Å². The SMILES string of the molecule is CCCCc1ccc(C(O)(CCCC)CCCC)c(CCCC)c1CCCC.O=P(O)(O)O. The fourth-order valence-corrected chi connectivity index (χ4v) is 4.42. The fourth-order valence-electron chi connectivity index (χ4n) is 4.42. The van der Waals surface area contributed by atoms with Crippen LogP contribution < -0.4 is 0 Å². The molecule has 0 radical (unpaired) electrons. The normalized spacial score (nSPS) is 11.9. The Morgan fingerprint density at radius 3 is 1.48 bits per heavy atom. The summed E-state index contributed by atoms with van der Waals surface area (Å²) in [6.45, 7) is 11.3. The van der Waals surface area contributed by atoms with E-state index >= 15 is 0 Å². The standard InChI is InChI=1S/C27H48O.H3O4P/c1-6-11-16-23-19-20-26(27(28,21-14-9-4)22-15-10-5)25(18-13-8-3)24(23)17-12-7-2;1-5(2,3)4/h19-20,28H,6-18,21-22H2,1-5H3;(H3,1,2,3,4). The van der Waals surface area contributed by atoms with E-state index in [2.05, 4.69) is 46.8 Å². The molecule has 1 aromatic rings. The lowest BCUT2D eigenvalue weighted by Gasteiger charge is -2.33. The van der Waals surface area contributed by atoms with Crippen molar-refractivity contribution in [3.05, 3.63) is 34.4 Å². The van der Waals surface area contributed by atoms with Crippen molar-refractivity contribution in [1.82, 2.24) is 0 Å². The van der Waals surface area contributed by atoms with Gasteiger partial charge in [0.15, 0.2) is 0 Å². The maximum atomic E-state index is 11.8. The molecule has 0 aromatic heterocycles. The lowest BCUT2D eigenvalue weighted by molar-refractivity contribution is 0.0132. The smallest absolute Gasteiger partial charge is 0.385 e. The monoisotopic (exact) mass is 486 g/mol. The maximum absolute atomic E-state index is 11.8. The van der Waals surface area contributed by atoms with Crippen molar-refractivity contribution >= 4 is 7.82 Å². The van der Waals surface area contributed by atoms with E-state index in [1.54, 1.807) is 11.1 Å². The molecule has 0 atom stereocenters. The van der Waals surface area contributed by atoms with Gasteiger partial charge in [0.05, 0.1) is 5.60 Å². The predicted molar refractivity (Wildman–Crippen MR) is 139 cm³/mol. The van der Waals surface area contributed by atoms with Crippen LogP contribution in [0.15, 0.2) is 12.1 Å². The molecule has 0 bridgehead atoms. The van der Waals surface area contributed by atoms with Gasteiger partial charge in [0.2, 0.25) is 0 Å². The molecule has 0 fully saturated rings. The summed E-state index contributed by atoms with van der Waals surface area (Å²) in [6, 6.07) is 4.69. The van der Waals surface area contributed by atoms with Crippen LogP contribution in [0.5, 0.6) is 0 Å². The molecule has 194 valence electrons. The van der Waals surface area contributed by atoms with Gasteiger partial charge in [-0.05, 0) is 73.6 Å². The molecule has 33 heavy (non-hydrogen) atoms. The van der Waals surface area contributed by atoms with Crippen molar-refractivity contribution in [3.63, 3.8) is 0 Å². The Kier molecular flexibility index (Phi) is 17.3. The first-order chi connectivity index (χ1) is 15.6. The van der Waals surface area contributed by atoms with Crippen LogP contribution in [0.2, 0.25) is 0 Å². The number of hydrogen-bond donors (Lipinski definition) is 4. The Hall–Kier alpha value is -0.710. The summed E-state index contributed by atoms with van der Waals surface area (Å²) in [5.41, 5.74) is 5.29. The van der Waals surface area contributed by atoms with Crippen LogP contribution in [-0.4, -0.2) is 19.8 Å². The molecule has 0 heterocycles. The molecule has 1 aromatic carbocycles. The number of hydrogen-bond acceptors (Lipinski definition) is 2. The van der Waals surface area contributed by atoms with Gasteiger partial charge in [0, 0.05) is 0 Å². The second-order valence-corrected chi connectivity index (χ2v) is 10.3. The van der Waals surface area contributed by atoms with Crippen molar-refractivity contribution in [2.75, 3.05) is 0 Å². The molecule has 0 unspecified atom stereocenters. The second-order valence-electron chi connectivity index (χ2n) is 9.29. The van der Waals surface area contributed by atoms with Crippen LogP contribution in [0, 0.1) is 0 Å². The van der Waals surface area contributed by atoms with E-state index in [4.69, 9.17) is 19.2 Å². The van der Waals surface area contributed by atoms with Gasteiger partial charge < -0.3 is 19.8 Å². The summed E-state index contributed by atoms with van der Waals surface area (Å²) in [4.78, 5) is 21.6. The van der Waals surface area contributed by atoms with Crippen LogP contribution in [0.1, 0.15) is 134 Å². The van der Waals surface area contributed by atoms with Gasteiger partial charge in [-0.15, -0.1) is 0 Å². The minimum absolute atomic E-state index is 0.640. The molecular weight excluding hydrogens is 435 g/mol. The van der Waals surface area contributed by atoms with E-state index < -0.39 is 13.4 Å². The Bertz CT molecular complexity index is 667. The van der Waals surface area contributed by atoms with Crippen LogP contribution in [0.4, 0.5) is 0 Å². The third-order valence-corrected chi connectivity index (χ3v) is 6.28. The maximum Gasteiger partial charge on any atom is 0.466 e. The average molecular weight is 487 g/mol. The summed E-state index contributed by atoms with van der Waals surface area (Å²) in [6.07, 6.45) is 17.3. The molecule has 0 aliphatic carbocycles. The Balaban J connectivity index is 0.00000184. The lowest BCUT2D eigenvalue weighted by atomic mass is 9.77. The first kappa shape index (κ1) is 32.3. The molecule has 0 aliphatic rings. The molecule has 1 rings (SSSR count). The van der Waals surface area contributed by atoms with Gasteiger partial charge in [0.25, 0.3) is 0 Å². The van der Waals surface area contributed by atoms with Gasteiger partial charge >= 0.3 is 7.82 Å². The van der Waals surface area contributed by atoms with Gasteiger partial charge in [-0.3, -0.25) is 0 Å². The van der Waals surface area contributed by atoms with Gasteiger partial charge in [-0.25, -0.2) is 4.57 Å². The van der Waals surface area contributed by atoms with Crippen molar-refractivity contribution in [2.24, 2.45) is 0 Å². The Morgan fingerprint density at radius 2 is 1.06 bits per heavy atom. The summed E-state index contributed by atoms with van der Waals surface area (Å²) in [5.74, 6) is 0. The highest BCUT2D eigenvalue weighted by molar-refractivity contribution is 7.45. The third kappa shape index (κ3) is 13.7. The van der Waals surface area contributed by atoms with Crippen LogP contribution in [0.3, 0.4) is 0 Å². The fraction of sp³-hybridized carbons (Fsp3) is 0.778. The quantitative estimate of drug-likeness (QED) is 0.183. The number of phosphoric acid groups is 1. The zero-order chi connectivity index (χ0) is 25.3. The molecule has 0 amide bonds. The minimum Gasteiger partial charge on any atom is -0.385 e. The number of aliphatic hydroxyl groups is 1. The summed E-state index contributed by atoms with van der Waals surface area (Å²) in [7, 11) is -4.64. The van der Waals surface area contributed by atoms with E-state index in [-0.39, 0.29) is 0 Å². The highest BCUT2D eigenvalue weighted by Crippen LogP contribution is 2.38. The number of unbranched alkanes of at least 4 members (excludes halogenated alkanes) is 5. The van der Waals surface area contributed by atoms with Crippen molar-refractivity contribution in [1.29, 1.82) is 0 Å². The van der Waals surface area contributed by atoms with Crippen molar-refractivity contribution in [2.45, 2.75) is 137 Å². The molecule has 0 spiro atoms. The van der Waals surface area contributed by atoms with E-state index in [0.717, 1.165) is 44.9 Å². The van der Waals surface area contributed by atoms with Crippen LogP contribution >= 0.6 is 7.82 Å². The van der Waals surface area contributed by atoms with Gasteiger partial charge in [-0.2, -0.15) is 0 Å². The number of rotatable bonds is 16. The minimum atomic E-state index is -4.64. The van der Waals surface area contributed by atoms with Crippen LogP contribution in [0.25, 0.3) is 0 Å². The highest BCUT2D eigenvalue weighted by atomic mass is 31.2. The first-order valence-electron chi connectivity index (χ1n) is 13.2. The van der Waals surface area contributed by atoms with E-state index in [1.807, 2.05) is 0 Å². The number of benzene rings is 1. The molecular formula is C27H51O5P. The summed E-state index contributed by atoms with van der Waals surface area (Å²) in [5, 5.41) is 11.8. The third-order valence-electron chi connectivity index (χ3n) is 6.28. The Morgan fingerprint density at radius 1 is 0.667 bits per heavy atom. The molecule has 5 nitrogen and oxygen atoms in total. The molecule has 4 N–H and O–H groups in total. The topological polar surface area (TPSA) is 98.0 Å². The molecule has 0 saturated heterocycles. The van der Waals surface area contributed by atoms with Gasteiger partial charge in [0.1, 0.15) is 0 Å². The highest BCUT2D eigenvalue weighted by Gasteiger charge is 2.31. The molecule has 0 aliphatic heterocycles. The average Bonchev–Trinajstić information content (AvgIpc) is 2.76. The molecule has 0 saturated carbocycles. The van der Waals surface area contributed by atoms with E-state index in [9.17, 15) is 5.11 Å². The predicted octanol–water partition coefficient (Wildman–Crippen LogP) is 7.35. The second kappa shape index (κ2) is 17.7.